The summed E-state index contributed by atoms with van der Waals surface area (Å²) in [4.78, 5) is 103. The second-order valence-electron chi connectivity index (χ2n) is 22.8. The van der Waals surface area contributed by atoms with Crippen molar-refractivity contribution in [1.82, 2.24) is 64.1 Å². The molecular formula is C59H64FN17O7. The summed E-state index contributed by atoms with van der Waals surface area (Å²) in [5.74, 6) is 0.436. The van der Waals surface area contributed by atoms with Crippen molar-refractivity contribution in [2.75, 3.05) is 55.5 Å². The van der Waals surface area contributed by atoms with Gasteiger partial charge in [-0.3, -0.25) is 28.4 Å². The van der Waals surface area contributed by atoms with Crippen molar-refractivity contribution in [2.45, 2.75) is 105 Å². The number of anilines is 3. The summed E-state index contributed by atoms with van der Waals surface area (Å²) >= 11 is 0. The van der Waals surface area contributed by atoms with Crippen LogP contribution in [0.2, 0.25) is 0 Å². The van der Waals surface area contributed by atoms with E-state index in [1.807, 2.05) is 50.6 Å². The third-order valence-corrected chi connectivity index (χ3v) is 16.4. The van der Waals surface area contributed by atoms with Crippen LogP contribution in [0.5, 0.6) is 23.5 Å². The lowest BCUT2D eigenvalue weighted by molar-refractivity contribution is -0.136. The number of carbonyl (C=O) groups is 4. The molecule has 6 aromatic heterocycles. The maximum absolute atomic E-state index is 16.1. The van der Waals surface area contributed by atoms with E-state index >= 15 is 4.39 Å². The number of hydrogen-bond acceptors (Lipinski definition) is 18. The predicted molar refractivity (Wildman–Crippen MR) is 311 cm³/mol. The summed E-state index contributed by atoms with van der Waals surface area (Å²) in [6.45, 7) is 20.4. The van der Waals surface area contributed by atoms with Crippen LogP contribution in [0.15, 0.2) is 72.5 Å². The third-order valence-electron chi connectivity index (χ3n) is 16.4. The Morgan fingerprint density at radius 1 is 0.917 bits per heavy atom. The van der Waals surface area contributed by atoms with Crippen molar-refractivity contribution in [1.29, 1.82) is 0 Å². The minimum atomic E-state index is -1.35. The van der Waals surface area contributed by atoms with Gasteiger partial charge in [0.1, 0.15) is 34.7 Å². The Bertz CT molecular complexity index is 4180. The first kappa shape index (κ1) is 55.2. The zero-order valence-corrected chi connectivity index (χ0v) is 48.6. The number of hydrogen-bond donors (Lipinski definition) is 2. The number of benzene rings is 1. The molecule has 0 radical (unpaired) electrons. The van der Waals surface area contributed by atoms with Crippen molar-refractivity contribution >= 4 is 85.9 Å². The lowest BCUT2D eigenvalue weighted by Crippen LogP contribution is -2.51. The smallest absolute Gasteiger partial charge is 0.407 e. The maximum Gasteiger partial charge on any atom is 0.407 e. The Hall–Kier alpha value is -9.39. The van der Waals surface area contributed by atoms with E-state index in [0.717, 1.165) is 12.8 Å². The van der Waals surface area contributed by atoms with Crippen molar-refractivity contribution in [3.63, 3.8) is 0 Å². The van der Waals surface area contributed by atoms with E-state index in [9.17, 15) is 19.2 Å². The Kier molecular flexibility index (Phi) is 13.3. The Labute approximate surface area is 481 Å². The van der Waals surface area contributed by atoms with E-state index in [2.05, 4.69) is 21.9 Å². The fraction of sp³-hybridized carbons (Fsp3) is 0.390. The van der Waals surface area contributed by atoms with Gasteiger partial charge in [-0.15, -0.1) is 0 Å². The van der Waals surface area contributed by atoms with E-state index in [4.69, 9.17) is 49.8 Å². The van der Waals surface area contributed by atoms with Gasteiger partial charge < -0.3 is 44.9 Å². The monoisotopic (exact) mass is 1140 g/mol. The van der Waals surface area contributed by atoms with Crippen molar-refractivity contribution in [3.05, 3.63) is 101 Å². The normalized spacial score (nSPS) is 19.7. The summed E-state index contributed by atoms with van der Waals surface area (Å²) in [5.41, 5.74) is 9.02. The number of nitrogens with zero attached hydrogens (tertiary/aromatic N) is 15. The van der Waals surface area contributed by atoms with Gasteiger partial charge in [-0.1, -0.05) is 31.7 Å². The van der Waals surface area contributed by atoms with E-state index < -0.39 is 41.7 Å². The predicted octanol–water partition coefficient (Wildman–Crippen LogP) is 6.09. The van der Waals surface area contributed by atoms with E-state index in [1.54, 1.807) is 63.1 Å². The van der Waals surface area contributed by atoms with Crippen LogP contribution in [0.1, 0.15) is 91.7 Å². The highest BCUT2D eigenvalue weighted by Gasteiger charge is 2.57. The largest absolute Gasteiger partial charge is 0.444 e. The quantitative estimate of drug-likeness (QED) is 0.132. The van der Waals surface area contributed by atoms with Gasteiger partial charge in [-0.2, -0.15) is 19.9 Å². The first-order chi connectivity index (χ1) is 40.0. The minimum Gasteiger partial charge on any atom is -0.444 e. The lowest BCUT2D eigenvalue weighted by Gasteiger charge is -2.37. The molecule has 3 atom stereocenters. The number of allylic oxidation sites excluding steroid dienone is 2. The number of halogens is 1. The van der Waals surface area contributed by atoms with Crippen LogP contribution < -0.4 is 45.8 Å². The molecule has 1 spiro atoms. The number of ether oxygens (including phenoxy) is 3. The van der Waals surface area contributed by atoms with Crippen LogP contribution in [0, 0.1) is 18.2 Å². The summed E-state index contributed by atoms with van der Waals surface area (Å²) in [6.07, 6.45) is 10.7. The van der Waals surface area contributed by atoms with Gasteiger partial charge >= 0.3 is 18.1 Å². The Morgan fingerprint density at radius 2 is 1.57 bits per heavy atom. The van der Waals surface area contributed by atoms with Crippen LogP contribution in [0.3, 0.4) is 0 Å². The average Bonchev–Trinajstić information content (AvgIpc) is 1.64. The zero-order chi connectivity index (χ0) is 59.6. The van der Waals surface area contributed by atoms with Crippen LogP contribution in [0.25, 0.3) is 44.7 Å². The molecule has 0 bridgehead atoms. The first-order valence-corrected chi connectivity index (χ1v) is 27.8. The van der Waals surface area contributed by atoms with Gasteiger partial charge in [0.2, 0.25) is 0 Å². The van der Waals surface area contributed by atoms with Gasteiger partial charge in [0, 0.05) is 80.2 Å². The number of carbonyl (C=O) groups excluding carboxylic acids is 4. The van der Waals surface area contributed by atoms with Crippen LogP contribution in [-0.4, -0.2) is 135 Å². The van der Waals surface area contributed by atoms with Gasteiger partial charge in [0.05, 0.1) is 58.2 Å². The molecule has 84 heavy (non-hydrogen) atoms. The molecule has 24 nitrogen and oxygen atoms in total. The molecule has 1 saturated heterocycles. The third kappa shape index (κ3) is 8.98. The first-order valence-electron chi connectivity index (χ1n) is 27.8. The standard InChI is InChI=1S/C59H64FN17O7/c1-13-16-36-35(14-2)29(4)75(52(36)78)51-54(80)73(12)39-22-32(60)21-38-43-48(74-27-40(59(28-74)19-20-59)66-57(81)84-58(7,8)9)68-56(70-50(43)77(51)45(38)39)83-34-25-64-41(65-26-34)18-17-37-42-47(71(10)15-3)67-55(82-33-23-62-31(6)63-24-33)69-49(42)76-44(37)30(5)72(11)53(79)46(76)61/h13,16-17,21-26,40,46,51H,4,14-15,18-20,27-28,61H2,1-3,5-12H3,(H,66,81). The van der Waals surface area contributed by atoms with Crippen LogP contribution in [0.4, 0.5) is 26.5 Å². The van der Waals surface area contributed by atoms with Crippen LogP contribution in [-0.2, 0) is 25.5 Å². The Morgan fingerprint density at radius 3 is 2.20 bits per heavy atom. The van der Waals surface area contributed by atoms with Gasteiger partial charge in [-0.05, 0) is 85.4 Å². The second-order valence-corrected chi connectivity index (χ2v) is 22.8. The molecule has 10 heterocycles. The highest BCUT2D eigenvalue weighted by atomic mass is 19.1. The molecule has 5 aliphatic rings. The zero-order valence-electron chi connectivity index (χ0n) is 48.6. The number of alkyl carbamates (subject to hydrolysis) is 1. The summed E-state index contributed by atoms with van der Waals surface area (Å²) in [7, 11) is 5.12. The number of nitrogens with one attached hydrogen (secondary N) is 1. The van der Waals surface area contributed by atoms with E-state index in [0.29, 0.717) is 116 Å². The summed E-state index contributed by atoms with van der Waals surface area (Å²) < 4.78 is 37.9. The molecule has 12 rings (SSSR count). The Balaban J connectivity index is 0.969. The van der Waals surface area contributed by atoms with Crippen molar-refractivity contribution in [3.8, 4) is 23.5 Å². The number of nitrogens with two attached hydrogens (primary N) is 1. The molecule has 25 heteroatoms. The number of fused-ring (bicyclic) bond motifs is 6. The van der Waals surface area contributed by atoms with E-state index in [-0.39, 0.29) is 52.9 Å². The SMILES string of the molecule is C=C1C(CC)=C(C=CC)C(=O)N1C1C(=O)N(C)c2cc(F)cc3c4c(N5CC(NC(=O)OC(C)(C)C)C6(CC6)C5)nc(Oc5cnc(CC=c6c7n(c8nc(Oc9cnc(C)nc9)nc(N(C)CC)c68)C(N)C(=O)N(C)C=7C)nc5)nc4n1c23. The lowest BCUT2D eigenvalue weighted by atomic mass is 10.0. The van der Waals surface area contributed by atoms with Gasteiger partial charge in [0.25, 0.3) is 17.7 Å². The molecule has 1 saturated carbocycles. The summed E-state index contributed by atoms with van der Waals surface area (Å²) in [6, 6.07) is 2.18. The molecule has 3 unspecified atom stereocenters. The number of amides is 4. The highest BCUT2D eigenvalue weighted by molar-refractivity contribution is 6.21. The van der Waals surface area contributed by atoms with Crippen LogP contribution >= 0.6 is 0 Å². The molecule has 4 amide bonds. The number of likely N-dealkylation sites (N-methyl/N-ethyl adjacent to an activating group) is 2. The highest BCUT2D eigenvalue weighted by Crippen LogP contribution is 2.55. The van der Waals surface area contributed by atoms with Crippen molar-refractivity contribution < 1.29 is 37.8 Å². The molecule has 2 fully saturated rings. The molecule has 7 aromatic rings. The summed E-state index contributed by atoms with van der Waals surface area (Å²) in [5, 5.41) is 5.90. The molecule has 1 aromatic carbocycles. The van der Waals surface area contributed by atoms with Gasteiger partial charge in [-0.25, -0.2) is 29.1 Å². The molecular weight excluding hydrogens is 1080 g/mol. The van der Waals surface area contributed by atoms with Gasteiger partial charge in [0.15, 0.2) is 35.1 Å². The second kappa shape index (κ2) is 20.2. The molecule has 1 aliphatic carbocycles. The maximum atomic E-state index is 16.1. The molecule has 434 valence electrons. The molecule has 3 N–H and O–H groups in total. The minimum absolute atomic E-state index is 0.00697. The topological polar surface area (TPSA) is 263 Å². The molecule has 4 aliphatic heterocycles. The fourth-order valence-electron chi connectivity index (χ4n) is 12.0. The number of aromatic nitrogens is 10. The van der Waals surface area contributed by atoms with Crippen molar-refractivity contribution in [2.24, 2.45) is 11.1 Å². The average molecular weight is 1140 g/mol. The van der Waals surface area contributed by atoms with E-state index in [1.165, 1.54) is 51.6 Å². The fourth-order valence-corrected chi connectivity index (χ4v) is 12.0. The number of aryl methyl sites for hydroxylation is 1. The number of rotatable bonds is 13.